The van der Waals surface area contributed by atoms with E-state index in [0.29, 0.717) is 43.6 Å². The van der Waals surface area contributed by atoms with E-state index in [1.807, 2.05) is 6.07 Å². The number of halogens is 3. The molecule has 2 aromatic heterocycles. The van der Waals surface area contributed by atoms with Gasteiger partial charge in [-0.3, -0.25) is 9.48 Å². The van der Waals surface area contributed by atoms with Crippen LogP contribution in [0.1, 0.15) is 68.9 Å². The van der Waals surface area contributed by atoms with Crippen LogP contribution in [0.4, 0.5) is 13.2 Å². The summed E-state index contributed by atoms with van der Waals surface area (Å²) in [4.78, 5) is 37.7. The Kier molecular flexibility index (Phi) is 7.33. The monoisotopic (exact) mass is 545 g/mol. The molecule has 3 heterocycles. The van der Waals surface area contributed by atoms with Crippen molar-refractivity contribution in [1.29, 1.82) is 0 Å². The highest BCUT2D eigenvalue weighted by Gasteiger charge is 2.35. The number of carbonyl (C=O) groups excluding carboxylic acids is 2. The Labute approximate surface area is 221 Å². The van der Waals surface area contributed by atoms with Crippen molar-refractivity contribution in [2.45, 2.75) is 57.7 Å². The van der Waals surface area contributed by atoms with Crippen LogP contribution in [0.3, 0.4) is 0 Å². The van der Waals surface area contributed by atoms with Gasteiger partial charge in [0.2, 0.25) is 5.91 Å². The highest BCUT2D eigenvalue weighted by Crippen LogP contribution is 2.36. The molecular formula is C26H26F3N5O3S. The smallest absolute Gasteiger partial charge is 0.341 e. The van der Waals surface area contributed by atoms with Gasteiger partial charge < -0.3 is 9.74 Å². The molecule has 12 heteroatoms. The van der Waals surface area contributed by atoms with Crippen LogP contribution in [0.15, 0.2) is 41.6 Å². The number of aryl methyl sites for hydroxylation is 2. The number of alkyl halides is 3. The lowest BCUT2D eigenvalue weighted by Gasteiger charge is -2.31. The molecular weight excluding hydrogens is 519 g/mol. The molecule has 0 N–H and O–H groups in total. The number of oxime groups is 1. The molecule has 1 aliphatic heterocycles. The van der Waals surface area contributed by atoms with Gasteiger partial charge in [0.25, 0.3) is 0 Å². The summed E-state index contributed by atoms with van der Waals surface area (Å²) in [6, 6.07) is 9.64. The van der Waals surface area contributed by atoms with Gasteiger partial charge >= 0.3 is 12.1 Å². The molecule has 0 saturated carbocycles. The van der Waals surface area contributed by atoms with E-state index in [1.165, 1.54) is 6.92 Å². The number of amides is 1. The quantitative estimate of drug-likeness (QED) is 0.334. The molecule has 1 amide bonds. The third kappa shape index (κ3) is 5.64. The highest BCUT2D eigenvalue weighted by molar-refractivity contribution is 7.14. The molecule has 1 aromatic carbocycles. The lowest BCUT2D eigenvalue weighted by Crippen LogP contribution is -2.40. The van der Waals surface area contributed by atoms with Gasteiger partial charge in [0.05, 0.1) is 26.9 Å². The number of hydrogen-bond donors (Lipinski definition) is 0. The van der Waals surface area contributed by atoms with E-state index in [-0.39, 0.29) is 18.4 Å². The molecule has 1 fully saturated rings. The number of aromatic nitrogens is 3. The van der Waals surface area contributed by atoms with Gasteiger partial charge in [0.1, 0.15) is 6.54 Å². The SMILES string of the molecule is Cc1cc(C(F)(F)F)nn1CC(=O)N1CCC(c2nc3c(s2)C(=NOC(=O)c2ccccc2)CCC3)CC1. The van der Waals surface area contributed by atoms with Gasteiger partial charge in [-0.05, 0) is 57.2 Å². The summed E-state index contributed by atoms with van der Waals surface area (Å²) < 4.78 is 39.9. The Bertz CT molecular complexity index is 1360. The fraction of sp³-hybridized carbons (Fsp3) is 0.423. The number of piperidine rings is 1. The minimum absolute atomic E-state index is 0.172. The van der Waals surface area contributed by atoms with E-state index in [9.17, 15) is 22.8 Å². The van der Waals surface area contributed by atoms with Gasteiger partial charge in [-0.25, -0.2) is 9.78 Å². The van der Waals surface area contributed by atoms with Crippen LogP contribution in [0.2, 0.25) is 0 Å². The third-order valence-corrected chi connectivity index (χ3v) is 8.11. The number of hydrogen-bond acceptors (Lipinski definition) is 7. The summed E-state index contributed by atoms with van der Waals surface area (Å²) >= 11 is 1.56. The van der Waals surface area contributed by atoms with Crippen molar-refractivity contribution in [2.75, 3.05) is 13.1 Å². The van der Waals surface area contributed by atoms with E-state index in [2.05, 4.69) is 10.3 Å². The van der Waals surface area contributed by atoms with E-state index in [0.717, 1.165) is 44.9 Å². The topological polar surface area (TPSA) is 89.7 Å². The molecule has 1 saturated heterocycles. The summed E-state index contributed by atoms with van der Waals surface area (Å²) in [6.45, 7) is 2.28. The number of carbonyl (C=O) groups is 2. The molecule has 1 aliphatic carbocycles. The second-order valence-electron chi connectivity index (χ2n) is 9.45. The molecule has 0 atom stereocenters. The number of fused-ring (bicyclic) bond motifs is 1. The Morgan fingerprint density at radius 1 is 1.16 bits per heavy atom. The maximum atomic E-state index is 12.9. The second kappa shape index (κ2) is 10.7. The van der Waals surface area contributed by atoms with Crippen molar-refractivity contribution in [2.24, 2.45) is 5.16 Å². The van der Waals surface area contributed by atoms with Crippen molar-refractivity contribution < 1.29 is 27.6 Å². The molecule has 5 rings (SSSR count). The molecule has 200 valence electrons. The fourth-order valence-corrected chi connectivity index (χ4v) is 5.99. The van der Waals surface area contributed by atoms with Crippen LogP contribution in [0.25, 0.3) is 0 Å². The first kappa shape index (κ1) is 26.1. The fourth-order valence-electron chi connectivity index (χ4n) is 4.70. The third-order valence-electron chi connectivity index (χ3n) is 6.80. The van der Waals surface area contributed by atoms with Crippen LogP contribution in [0.5, 0.6) is 0 Å². The number of thiazole rings is 1. The highest BCUT2D eigenvalue weighted by atomic mass is 32.1. The van der Waals surface area contributed by atoms with Crippen molar-refractivity contribution in [3.63, 3.8) is 0 Å². The van der Waals surface area contributed by atoms with Gasteiger partial charge in [-0.1, -0.05) is 23.4 Å². The summed E-state index contributed by atoms with van der Waals surface area (Å²) in [7, 11) is 0. The summed E-state index contributed by atoms with van der Waals surface area (Å²) in [5, 5.41) is 8.70. The first-order valence-corrected chi connectivity index (χ1v) is 13.2. The molecule has 3 aromatic rings. The van der Waals surface area contributed by atoms with Crippen LogP contribution >= 0.6 is 11.3 Å². The van der Waals surface area contributed by atoms with Crippen molar-refractivity contribution >= 4 is 28.9 Å². The molecule has 38 heavy (non-hydrogen) atoms. The maximum absolute atomic E-state index is 12.9. The second-order valence-corrected chi connectivity index (χ2v) is 10.5. The number of rotatable bonds is 5. The van der Waals surface area contributed by atoms with Crippen molar-refractivity contribution in [3.8, 4) is 0 Å². The van der Waals surface area contributed by atoms with E-state index in [1.54, 1.807) is 40.5 Å². The Hall–Kier alpha value is -3.54. The Balaban J connectivity index is 1.20. The van der Waals surface area contributed by atoms with Crippen LogP contribution in [-0.2, 0) is 28.8 Å². The Morgan fingerprint density at radius 2 is 1.89 bits per heavy atom. The minimum Gasteiger partial charge on any atom is -0.341 e. The molecule has 2 aliphatic rings. The maximum Gasteiger partial charge on any atom is 0.435 e. The standard InChI is InChI=1S/C26H26F3N5O3S/c1-16-14-21(26(27,28)29)31-34(16)15-22(35)33-12-10-17(11-13-33)24-30-19-8-5-9-20(23(19)38-24)32-37-25(36)18-6-3-2-4-7-18/h2-4,6-7,14,17H,5,8-13,15H2,1H3. The average Bonchev–Trinajstić information content (AvgIpc) is 3.52. The predicted molar refractivity (Wildman–Crippen MR) is 134 cm³/mol. The molecule has 0 bridgehead atoms. The minimum atomic E-state index is -4.54. The molecule has 8 nitrogen and oxygen atoms in total. The van der Waals surface area contributed by atoms with Gasteiger partial charge in [0.15, 0.2) is 5.69 Å². The molecule has 0 spiro atoms. The Morgan fingerprint density at radius 3 is 2.58 bits per heavy atom. The first-order valence-electron chi connectivity index (χ1n) is 12.4. The van der Waals surface area contributed by atoms with Gasteiger partial charge in [-0.15, -0.1) is 11.3 Å². The number of likely N-dealkylation sites (tertiary alicyclic amines) is 1. The van der Waals surface area contributed by atoms with Crippen LogP contribution in [0, 0.1) is 6.92 Å². The van der Waals surface area contributed by atoms with Crippen LogP contribution in [-0.4, -0.2) is 50.3 Å². The number of benzene rings is 1. The largest absolute Gasteiger partial charge is 0.435 e. The lowest BCUT2D eigenvalue weighted by molar-refractivity contribution is -0.142. The van der Waals surface area contributed by atoms with E-state index < -0.39 is 17.8 Å². The van der Waals surface area contributed by atoms with Gasteiger partial charge in [0, 0.05) is 24.7 Å². The zero-order valence-corrected chi connectivity index (χ0v) is 21.5. The zero-order chi connectivity index (χ0) is 26.9. The van der Waals surface area contributed by atoms with Crippen molar-refractivity contribution in [1.82, 2.24) is 19.7 Å². The van der Waals surface area contributed by atoms with Crippen LogP contribution < -0.4 is 0 Å². The summed E-state index contributed by atoms with van der Waals surface area (Å²) in [5.74, 6) is -0.588. The summed E-state index contributed by atoms with van der Waals surface area (Å²) in [5.41, 5.74) is 1.41. The number of nitrogens with zero attached hydrogens (tertiary/aromatic N) is 5. The normalized spacial score (nSPS) is 17.5. The predicted octanol–water partition coefficient (Wildman–Crippen LogP) is 4.97. The summed E-state index contributed by atoms with van der Waals surface area (Å²) in [6.07, 6.45) is -0.727. The van der Waals surface area contributed by atoms with E-state index >= 15 is 0 Å². The van der Waals surface area contributed by atoms with Crippen molar-refractivity contribution in [3.05, 3.63) is 68.9 Å². The molecule has 0 unspecified atom stereocenters. The van der Waals surface area contributed by atoms with E-state index in [4.69, 9.17) is 9.82 Å². The first-order chi connectivity index (χ1) is 18.2. The average molecular weight is 546 g/mol. The molecule has 0 radical (unpaired) electrons. The zero-order valence-electron chi connectivity index (χ0n) is 20.7. The van der Waals surface area contributed by atoms with Gasteiger partial charge in [-0.2, -0.15) is 18.3 Å². The lowest BCUT2D eigenvalue weighted by atomic mass is 9.97.